The Kier molecular flexibility index (Phi) is 7.27. The molecule has 0 aliphatic rings. The van der Waals surface area contributed by atoms with Crippen molar-refractivity contribution in [2.45, 2.75) is 33.6 Å². The van der Waals surface area contributed by atoms with E-state index in [0.717, 1.165) is 37.2 Å². The molecule has 26 heavy (non-hydrogen) atoms. The summed E-state index contributed by atoms with van der Waals surface area (Å²) in [6, 6.07) is 5.38. The number of aromatic nitrogens is 1. The summed E-state index contributed by atoms with van der Waals surface area (Å²) in [7, 11) is 1.55. The van der Waals surface area contributed by atoms with Crippen LogP contribution in [0.25, 0.3) is 0 Å². The van der Waals surface area contributed by atoms with Crippen molar-refractivity contribution in [1.82, 2.24) is 4.98 Å². The number of amides is 1. The number of rotatable bonds is 8. The monoisotopic (exact) mass is 375 g/mol. The third kappa shape index (κ3) is 4.88. The molecule has 1 heterocycles. The molecule has 0 saturated carbocycles. The largest absolute Gasteiger partial charge is 0.495 e. The highest BCUT2D eigenvalue weighted by molar-refractivity contribution is 6.31. The summed E-state index contributed by atoms with van der Waals surface area (Å²) in [4.78, 5) is 19.2. The molecular formula is C20H26ClN3O2. The van der Waals surface area contributed by atoms with E-state index in [1.807, 2.05) is 13.0 Å². The molecule has 2 aromatic rings. The van der Waals surface area contributed by atoms with Crippen LogP contribution in [-0.4, -0.2) is 31.1 Å². The number of hydrogen-bond donors (Lipinski definition) is 1. The molecule has 0 aliphatic heterocycles. The van der Waals surface area contributed by atoms with Crippen molar-refractivity contribution < 1.29 is 9.53 Å². The van der Waals surface area contributed by atoms with Gasteiger partial charge in [0.2, 0.25) is 0 Å². The van der Waals surface area contributed by atoms with E-state index in [1.54, 1.807) is 31.6 Å². The Morgan fingerprint density at radius 2 is 1.88 bits per heavy atom. The average Bonchev–Trinajstić information content (AvgIpc) is 2.64. The predicted molar refractivity (Wildman–Crippen MR) is 108 cm³/mol. The molecule has 1 aromatic heterocycles. The standard InChI is InChI=1S/C20H26ClN3O2/c1-5-7-24(8-6-2)16-10-15(12-22-13-16)20(25)23-18-9-14(3)17(21)11-19(18)26-4/h9-13H,5-8H2,1-4H3,(H,23,25). The fraction of sp³-hybridized carbons (Fsp3) is 0.400. The van der Waals surface area contributed by atoms with E-state index < -0.39 is 0 Å². The number of carbonyl (C=O) groups is 1. The number of halogens is 1. The number of methoxy groups -OCH3 is 1. The summed E-state index contributed by atoms with van der Waals surface area (Å²) in [6.45, 7) is 8.03. The van der Waals surface area contributed by atoms with Gasteiger partial charge in [0.25, 0.3) is 5.91 Å². The second kappa shape index (κ2) is 9.43. The smallest absolute Gasteiger partial charge is 0.257 e. The van der Waals surface area contributed by atoms with E-state index in [4.69, 9.17) is 16.3 Å². The molecule has 0 aliphatic carbocycles. The van der Waals surface area contributed by atoms with Crippen LogP contribution in [0.15, 0.2) is 30.6 Å². The summed E-state index contributed by atoms with van der Waals surface area (Å²) >= 11 is 6.12. The maximum absolute atomic E-state index is 12.7. The van der Waals surface area contributed by atoms with E-state index in [1.165, 1.54) is 0 Å². The Morgan fingerprint density at radius 3 is 2.50 bits per heavy atom. The van der Waals surface area contributed by atoms with Gasteiger partial charge in [0.15, 0.2) is 0 Å². The van der Waals surface area contributed by atoms with Gasteiger partial charge in [0.1, 0.15) is 5.75 Å². The Balaban J connectivity index is 2.25. The highest BCUT2D eigenvalue weighted by Gasteiger charge is 2.14. The van der Waals surface area contributed by atoms with Gasteiger partial charge >= 0.3 is 0 Å². The van der Waals surface area contributed by atoms with Crippen LogP contribution in [0.3, 0.4) is 0 Å². The minimum atomic E-state index is -0.229. The topological polar surface area (TPSA) is 54.5 Å². The van der Waals surface area contributed by atoms with Crippen LogP contribution >= 0.6 is 11.6 Å². The van der Waals surface area contributed by atoms with E-state index in [9.17, 15) is 4.79 Å². The van der Waals surface area contributed by atoms with Crippen LogP contribution < -0.4 is 15.0 Å². The first-order chi connectivity index (χ1) is 12.5. The molecule has 0 fully saturated rings. The lowest BCUT2D eigenvalue weighted by atomic mass is 10.2. The Morgan fingerprint density at radius 1 is 1.19 bits per heavy atom. The molecule has 1 amide bonds. The van der Waals surface area contributed by atoms with E-state index in [0.29, 0.717) is 22.0 Å². The van der Waals surface area contributed by atoms with Gasteiger partial charge in [0.05, 0.1) is 30.2 Å². The van der Waals surface area contributed by atoms with Crippen LogP contribution in [0.4, 0.5) is 11.4 Å². The Hall–Kier alpha value is -2.27. The number of aryl methyl sites for hydroxylation is 1. The molecule has 0 saturated heterocycles. The summed E-state index contributed by atoms with van der Waals surface area (Å²) in [5.41, 5.74) is 2.92. The number of hydrogen-bond acceptors (Lipinski definition) is 4. The fourth-order valence-corrected chi connectivity index (χ4v) is 2.91. The maximum Gasteiger partial charge on any atom is 0.257 e. The van der Waals surface area contributed by atoms with Gasteiger partial charge in [-0.05, 0) is 37.5 Å². The fourth-order valence-electron chi connectivity index (χ4n) is 2.76. The van der Waals surface area contributed by atoms with Crippen molar-refractivity contribution in [2.24, 2.45) is 0 Å². The van der Waals surface area contributed by atoms with Crippen LogP contribution in [0.1, 0.15) is 42.6 Å². The van der Waals surface area contributed by atoms with Crippen molar-refractivity contribution in [3.63, 3.8) is 0 Å². The minimum Gasteiger partial charge on any atom is -0.495 e. The molecule has 0 bridgehead atoms. The normalized spacial score (nSPS) is 10.5. The lowest BCUT2D eigenvalue weighted by Gasteiger charge is -2.23. The molecule has 0 unspecified atom stereocenters. The van der Waals surface area contributed by atoms with Gasteiger partial charge in [-0.1, -0.05) is 25.4 Å². The number of benzene rings is 1. The van der Waals surface area contributed by atoms with Crippen LogP contribution in [0.5, 0.6) is 5.75 Å². The van der Waals surface area contributed by atoms with Crippen molar-refractivity contribution >= 4 is 28.9 Å². The third-order valence-electron chi connectivity index (χ3n) is 4.07. The molecule has 1 N–H and O–H groups in total. The van der Waals surface area contributed by atoms with Crippen molar-refractivity contribution in [2.75, 3.05) is 30.4 Å². The SMILES string of the molecule is CCCN(CCC)c1cncc(C(=O)Nc2cc(C)c(Cl)cc2OC)c1. The summed E-state index contributed by atoms with van der Waals surface area (Å²) < 4.78 is 5.32. The maximum atomic E-state index is 12.7. The number of carbonyl (C=O) groups excluding carboxylic acids is 1. The van der Waals surface area contributed by atoms with E-state index >= 15 is 0 Å². The van der Waals surface area contributed by atoms with Crippen molar-refractivity contribution in [3.05, 3.63) is 46.7 Å². The first kappa shape index (κ1) is 20.0. The second-order valence-corrected chi connectivity index (χ2v) is 6.58. The number of anilines is 2. The van der Waals surface area contributed by atoms with E-state index in [-0.39, 0.29) is 5.91 Å². The zero-order valence-corrected chi connectivity index (χ0v) is 16.6. The summed E-state index contributed by atoms with van der Waals surface area (Å²) in [5.74, 6) is 0.295. The molecule has 140 valence electrons. The number of nitrogens with zero attached hydrogens (tertiary/aromatic N) is 2. The molecule has 0 spiro atoms. The van der Waals surface area contributed by atoms with Gasteiger partial charge in [-0.25, -0.2) is 0 Å². The first-order valence-electron chi connectivity index (χ1n) is 8.85. The summed E-state index contributed by atoms with van der Waals surface area (Å²) in [5, 5.41) is 3.49. The first-order valence-corrected chi connectivity index (χ1v) is 9.23. The predicted octanol–water partition coefficient (Wildman–Crippen LogP) is 4.93. The average molecular weight is 376 g/mol. The zero-order valence-electron chi connectivity index (χ0n) is 15.8. The highest BCUT2D eigenvalue weighted by atomic mass is 35.5. The Labute approximate surface area is 160 Å². The van der Waals surface area contributed by atoms with Gasteiger partial charge < -0.3 is 15.0 Å². The van der Waals surface area contributed by atoms with Gasteiger partial charge in [-0.3, -0.25) is 9.78 Å². The molecule has 0 atom stereocenters. The van der Waals surface area contributed by atoms with Crippen LogP contribution in [0.2, 0.25) is 5.02 Å². The molecule has 2 rings (SSSR count). The second-order valence-electron chi connectivity index (χ2n) is 6.17. The number of pyridine rings is 1. The van der Waals surface area contributed by atoms with Gasteiger partial charge in [-0.15, -0.1) is 0 Å². The minimum absolute atomic E-state index is 0.229. The van der Waals surface area contributed by atoms with E-state index in [2.05, 4.69) is 29.0 Å². The quantitative estimate of drug-likeness (QED) is 0.710. The van der Waals surface area contributed by atoms with Crippen molar-refractivity contribution in [3.8, 4) is 5.75 Å². The summed E-state index contributed by atoms with van der Waals surface area (Å²) in [6.07, 6.45) is 5.45. The number of ether oxygens (including phenoxy) is 1. The molecular weight excluding hydrogens is 350 g/mol. The lowest BCUT2D eigenvalue weighted by molar-refractivity contribution is 0.102. The third-order valence-corrected chi connectivity index (χ3v) is 4.47. The molecule has 5 nitrogen and oxygen atoms in total. The van der Waals surface area contributed by atoms with Gasteiger partial charge in [0, 0.05) is 30.4 Å². The zero-order chi connectivity index (χ0) is 19.1. The van der Waals surface area contributed by atoms with Gasteiger partial charge in [-0.2, -0.15) is 0 Å². The lowest BCUT2D eigenvalue weighted by Crippen LogP contribution is -2.25. The van der Waals surface area contributed by atoms with Crippen LogP contribution in [0, 0.1) is 6.92 Å². The van der Waals surface area contributed by atoms with Crippen LogP contribution in [-0.2, 0) is 0 Å². The number of nitrogens with one attached hydrogen (secondary N) is 1. The van der Waals surface area contributed by atoms with Crippen molar-refractivity contribution in [1.29, 1.82) is 0 Å². The Bertz CT molecular complexity index is 759. The highest BCUT2D eigenvalue weighted by Crippen LogP contribution is 2.31. The molecule has 6 heteroatoms. The molecule has 0 radical (unpaired) electrons. The molecule has 1 aromatic carbocycles.